The van der Waals surface area contributed by atoms with Gasteiger partial charge in [-0.1, -0.05) is 29.8 Å². The van der Waals surface area contributed by atoms with Crippen molar-refractivity contribution >= 4 is 29.1 Å². The standard InChI is InChI=1S/C19H16ClN3O2/c20-14-6-4-12(5-7-14)11-22-18(24)16-9-17(16)19(25)23-15-3-1-2-13(8-15)10-21/h1-8,16-17H,9,11H2,(H,22,24)(H,23,25). The Bertz CT molecular complexity index is 842. The quantitative estimate of drug-likeness (QED) is 0.866. The zero-order chi connectivity index (χ0) is 17.8. The Hall–Kier alpha value is -2.84. The predicted octanol–water partition coefficient (Wildman–Crippen LogP) is 3.10. The SMILES string of the molecule is N#Cc1cccc(NC(=O)C2CC2C(=O)NCc2ccc(Cl)cc2)c1. The molecule has 2 N–H and O–H groups in total. The maximum Gasteiger partial charge on any atom is 0.228 e. The zero-order valence-electron chi connectivity index (χ0n) is 13.3. The van der Waals surface area contributed by atoms with Crippen molar-refractivity contribution in [2.75, 3.05) is 5.32 Å². The van der Waals surface area contributed by atoms with Crippen molar-refractivity contribution in [3.05, 3.63) is 64.7 Å². The normalized spacial score (nSPS) is 18.1. The number of nitriles is 1. The first-order valence-corrected chi connectivity index (χ1v) is 8.28. The van der Waals surface area contributed by atoms with Crippen LogP contribution in [-0.2, 0) is 16.1 Å². The van der Waals surface area contributed by atoms with Crippen LogP contribution in [0.4, 0.5) is 5.69 Å². The van der Waals surface area contributed by atoms with Crippen LogP contribution in [0.25, 0.3) is 0 Å². The summed E-state index contributed by atoms with van der Waals surface area (Å²) in [5.74, 6) is -0.940. The fourth-order valence-corrected chi connectivity index (χ4v) is 2.72. The molecular weight excluding hydrogens is 338 g/mol. The van der Waals surface area contributed by atoms with Gasteiger partial charge in [0.1, 0.15) is 0 Å². The number of nitrogens with zero attached hydrogens (tertiary/aromatic N) is 1. The van der Waals surface area contributed by atoms with Crippen molar-refractivity contribution in [1.82, 2.24) is 5.32 Å². The second kappa shape index (κ2) is 7.37. The molecular formula is C19H16ClN3O2. The molecule has 0 heterocycles. The molecule has 0 spiro atoms. The molecule has 0 saturated heterocycles. The van der Waals surface area contributed by atoms with Crippen LogP contribution in [0.2, 0.25) is 5.02 Å². The summed E-state index contributed by atoms with van der Waals surface area (Å²) in [6.07, 6.45) is 0.538. The van der Waals surface area contributed by atoms with Crippen LogP contribution in [0, 0.1) is 23.2 Å². The van der Waals surface area contributed by atoms with Crippen LogP contribution in [0.5, 0.6) is 0 Å². The molecule has 25 heavy (non-hydrogen) atoms. The van der Waals surface area contributed by atoms with Gasteiger partial charge in [0.2, 0.25) is 11.8 Å². The second-order valence-corrected chi connectivity index (χ2v) is 6.41. The average Bonchev–Trinajstić information content (AvgIpc) is 3.42. The van der Waals surface area contributed by atoms with Crippen LogP contribution in [0.3, 0.4) is 0 Å². The van der Waals surface area contributed by atoms with E-state index in [2.05, 4.69) is 10.6 Å². The molecule has 1 aliphatic rings. The highest BCUT2D eigenvalue weighted by Crippen LogP contribution is 2.39. The summed E-state index contributed by atoms with van der Waals surface area (Å²) < 4.78 is 0. The molecule has 2 unspecified atom stereocenters. The summed E-state index contributed by atoms with van der Waals surface area (Å²) in [4.78, 5) is 24.4. The van der Waals surface area contributed by atoms with E-state index in [-0.39, 0.29) is 23.7 Å². The summed E-state index contributed by atoms with van der Waals surface area (Å²) in [6.45, 7) is 0.408. The summed E-state index contributed by atoms with van der Waals surface area (Å²) in [6, 6.07) is 16.0. The van der Waals surface area contributed by atoms with Gasteiger partial charge in [-0.25, -0.2) is 0 Å². The van der Waals surface area contributed by atoms with Gasteiger partial charge in [-0.05, 0) is 42.3 Å². The first kappa shape index (κ1) is 17.0. The largest absolute Gasteiger partial charge is 0.352 e. The maximum absolute atomic E-state index is 12.2. The minimum atomic E-state index is -0.323. The van der Waals surface area contributed by atoms with E-state index in [1.54, 1.807) is 36.4 Å². The number of nitrogens with one attached hydrogen (secondary N) is 2. The second-order valence-electron chi connectivity index (χ2n) is 5.97. The molecule has 6 heteroatoms. The average molecular weight is 354 g/mol. The summed E-state index contributed by atoms with van der Waals surface area (Å²) in [7, 11) is 0. The highest BCUT2D eigenvalue weighted by molar-refractivity contribution is 6.30. The molecule has 0 aromatic heterocycles. The zero-order valence-corrected chi connectivity index (χ0v) is 14.1. The lowest BCUT2D eigenvalue weighted by atomic mass is 10.2. The lowest BCUT2D eigenvalue weighted by Gasteiger charge is -2.07. The highest BCUT2D eigenvalue weighted by atomic mass is 35.5. The van der Waals surface area contributed by atoms with E-state index in [1.165, 1.54) is 0 Å². The Balaban J connectivity index is 1.49. The molecule has 0 bridgehead atoms. The lowest BCUT2D eigenvalue weighted by molar-refractivity contribution is -0.125. The summed E-state index contributed by atoms with van der Waals surface area (Å²) in [5, 5.41) is 15.1. The number of halogens is 1. The molecule has 1 fully saturated rings. The Morgan fingerprint density at radius 3 is 2.56 bits per heavy atom. The molecule has 0 aliphatic heterocycles. The molecule has 0 radical (unpaired) electrons. The van der Waals surface area contributed by atoms with Gasteiger partial charge in [-0.3, -0.25) is 9.59 Å². The third kappa shape index (κ3) is 4.37. The van der Waals surface area contributed by atoms with Gasteiger partial charge in [-0.2, -0.15) is 5.26 Å². The maximum atomic E-state index is 12.2. The van der Waals surface area contributed by atoms with E-state index < -0.39 is 0 Å². The Labute approximate surface area is 150 Å². The minimum absolute atomic E-state index is 0.124. The van der Waals surface area contributed by atoms with E-state index >= 15 is 0 Å². The lowest BCUT2D eigenvalue weighted by Crippen LogP contribution is -2.27. The number of hydrogen-bond donors (Lipinski definition) is 2. The Morgan fingerprint density at radius 1 is 1.12 bits per heavy atom. The van der Waals surface area contributed by atoms with E-state index in [9.17, 15) is 9.59 Å². The molecule has 5 nitrogen and oxygen atoms in total. The molecule has 2 aromatic rings. The third-order valence-corrected chi connectivity index (χ3v) is 4.36. The van der Waals surface area contributed by atoms with Crippen molar-refractivity contribution in [2.45, 2.75) is 13.0 Å². The monoisotopic (exact) mass is 353 g/mol. The van der Waals surface area contributed by atoms with Crippen LogP contribution >= 0.6 is 11.6 Å². The van der Waals surface area contributed by atoms with Gasteiger partial charge >= 0.3 is 0 Å². The minimum Gasteiger partial charge on any atom is -0.352 e. The van der Waals surface area contributed by atoms with Crippen molar-refractivity contribution in [3.8, 4) is 6.07 Å². The number of amides is 2. The number of hydrogen-bond acceptors (Lipinski definition) is 3. The van der Waals surface area contributed by atoms with Gasteiger partial charge in [0.15, 0.2) is 0 Å². The summed E-state index contributed by atoms with van der Waals surface area (Å²) in [5.41, 5.74) is 2.00. The molecule has 2 atom stereocenters. The van der Waals surface area contributed by atoms with E-state index in [1.807, 2.05) is 18.2 Å². The van der Waals surface area contributed by atoms with Gasteiger partial charge in [0.25, 0.3) is 0 Å². The van der Waals surface area contributed by atoms with Crippen molar-refractivity contribution in [2.24, 2.45) is 11.8 Å². The van der Waals surface area contributed by atoms with Crippen molar-refractivity contribution in [1.29, 1.82) is 5.26 Å². The van der Waals surface area contributed by atoms with Gasteiger partial charge in [-0.15, -0.1) is 0 Å². The van der Waals surface area contributed by atoms with Gasteiger partial charge < -0.3 is 10.6 Å². The van der Waals surface area contributed by atoms with Crippen LogP contribution in [0.15, 0.2) is 48.5 Å². The van der Waals surface area contributed by atoms with Gasteiger partial charge in [0.05, 0.1) is 23.5 Å². The highest BCUT2D eigenvalue weighted by Gasteiger charge is 2.47. The topological polar surface area (TPSA) is 82.0 Å². The number of anilines is 1. The van der Waals surface area contributed by atoms with Gasteiger partial charge in [0, 0.05) is 17.3 Å². The van der Waals surface area contributed by atoms with Crippen LogP contribution < -0.4 is 10.6 Å². The number of rotatable bonds is 5. The molecule has 2 aromatic carbocycles. The Kier molecular flexibility index (Phi) is 5.01. The van der Waals surface area contributed by atoms with Crippen molar-refractivity contribution in [3.63, 3.8) is 0 Å². The fourth-order valence-electron chi connectivity index (χ4n) is 2.60. The Morgan fingerprint density at radius 2 is 1.84 bits per heavy atom. The molecule has 2 amide bonds. The molecule has 1 saturated carbocycles. The van der Waals surface area contributed by atoms with Crippen molar-refractivity contribution < 1.29 is 9.59 Å². The van der Waals surface area contributed by atoms with Crippen LogP contribution in [0.1, 0.15) is 17.5 Å². The molecule has 3 rings (SSSR count). The first-order valence-electron chi connectivity index (χ1n) is 7.90. The number of benzene rings is 2. The fraction of sp³-hybridized carbons (Fsp3) is 0.211. The first-order chi connectivity index (χ1) is 12.1. The van der Waals surface area contributed by atoms with Crippen LogP contribution in [-0.4, -0.2) is 11.8 Å². The predicted molar refractivity (Wildman–Crippen MR) is 94.7 cm³/mol. The smallest absolute Gasteiger partial charge is 0.228 e. The van der Waals surface area contributed by atoms with E-state index in [4.69, 9.17) is 16.9 Å². The number of carbonyl (C=O) groups excluding carboxylic acids is 2. The molecule has 126 valence electrons. The third-order valence-electron chi connectivity index (χ3n) is 4.10. The molecule has 1 aliphatic carbocycles. The van der Waals surface area contributed by atoms with E-state index in [0.29, 0.717) is 29.2 Å². The summed E-state index contributed by atoms with van der Waals surface area (Å²) >= 11 is 5.82. The van der Waals surface area contributed by atoms with E-state index in [0.717, 1.165) is 5.56 Å². The number of carbonyl (C=O) groups is 2.